The predicted octanol–water partition coefficient (Wildman–Crippen LogP) is 6.15. The van der Waals surface area contributed by atoms with Gasteiger partial charge in [0.1, 0.15) is 17.3 Å². The number of aliphatic hydroxyl groups excluding tert-OH is 1. The monoisotopic (exact) mass is 485 g/mol. The Hall–Kier alpha value is -4.06. The van der Waals surface area contributed by atoms with E-state index in [1.807, 2.05) is 58.0 Å². The summed E-state index contributed by atoms with van der Waals surface area (Å²) in [6, 6.07) is 19.1. The van der Waals surface area contributed by atoms with Gasteiger partial charge in [-0.1, -0.05) is 43.7 Å². The van der Waals surface area contributed by atoms with E-state index in [1.165, 1.54) is 4.90 Å². The Kier molecular flexibility index (Phi) is 7.15. The number of ketones is 1. The third-order valence-corrected chi connectivity index (χ3v) is 6.36. The van der Waals surface area contributed by atoms with Gasteiger partial charge in [0.05, 0.1) is 25.3 Å². The number of carbonyl (C=O) groups is 2. The lowest BCUT2D eigenvalue weighted by Gasteiger charge is -2.26. The molecule has 1 atom stereocenters. The van der Waals surface area contributed by atoms with Crippen LogP contribution in [0.5, 0.6) is 11.5 Å². The van der Waals surface area contributed by atoms with Crippen LogP contribution < -0.4 is 14.4 Å². The van der Waals surface area contributed by atoms with E-state index in [0.717, 1.165) is 22.4 Å². The van der Waals surface area contributed by atoms with Crippen LogP contribution in [0, 0.1) is 6.92 Å². The van der Waals surface area contributed by atoms with E-state index in [0.29, 0.717) is 23.6 Å². The summed E-state index contributed by atoms with van der Waals surface area (Å²) in [6.07, 6.45) is 0. The quantitative estimate of drug-likeness (QED) is 0.247. The number of carbonyl (C=O) groups excluding carboxylic acids is 2. The SMILES string of the molecule is CCOc1ccc(/C(O)=C2/C(=O)C(=O)N(c3ccc(OC)cc3)C2c2cccc(C)c2)cc1C(C)C. The maximum atomic E-state index is 13.4. The number of aliphatic hydroxyl groups is 1. The van der Waals surface area contributed by atoms with Crippen LogP contribution in [0.1, 0.15) is 55.0 Å². The van der Waals surface area contributed by atoms with Crippen molar-refractivity contribution in [3.05, 3.63) is 94.6 Å². The van der Waals surface area contributed by atoms with Crippen molar-refractivity contribution in [2.45, 2.75) is 39.7 Å². The number of methoxy groups -OCH3 is 1. The van der Waals surface area contributed by atoms with Gasteiger partial charge in [-0.05, 0) is 73.4 Å². The van der Waals surface area contributed by atoms with E-state index < -0.39 is 17.7 Å². The van der Waals surface area contributed by atoms with Crippen LogP contribution in [-0.4, -0.2) is 30.5 Å². The molecule has 6 heteroatoms. The molecular weight excluding hydrogens is 454 g/mol. The Balaban J connectivity index is 1.92. The molecule has 1 heterocycles. The minimum Gasteiger partial charge on any atom is -0.507 e. The molecule has 1 amide bonds. The number of aryl methyl sites for hydroxylation is 1. The second-order valence-electron chi connectivity index (χ2n) is 9.12. The molecule has 0 bridgehead atoms. The number of benzene rings is 3. The lowest BCUT2D eigenvalue weighted by atomic mass is 9.92. The average Bonchev–Trinajstić information content (AvgIpc) is 3.14. The normalized spacial score (nSPS) is 17.1. The number of ether oxygens (including phenoxy) is 2. The highest BCUT2D eigenvalue weighted by Crippen LogP contribution is 2.43. The molecule has 0 saturated carbocycles. The summed E-state index contributed by atoms with van der Waals surface area (Å²) in [5, 5.41) is 11.5. The van der Waals surface area contributed by atoms with Crippen molar-refractivity contribution in [1.82, 2.24) is 0 Å². The van der Waals surface area contributed by atoms with E-state index in [-0.39, 0.29) is 17.3 Å². The third kappa shape index (κ3) is 4.59. The fraction of sp³-hybridized carbons (Fsp3) is 0.267. The molecule has 1 unspecified atom stereocenters. The molecule has 3 aromatic carbocycles. The second-order valence-corrected chi connectivity index (χ2v) is 9.12. The number of Topliss-reactive ketones (excluding diaryl/α,β-unsaturated/α-hetero) is 1. The lowest BCUT2D eigenvalue weighted by Crippen LogP contribution is -2.29. The largest absolute Gasteiger partial charge is 0.507 e. The Labute approximate surface area is 211 Å². The second kappa shape index (κ2) is 10.3. The van der Waals surface area contributed by atoms with Gasteiger partial charge in [0, 0.05) is 11.3 Å². The van der Waals surface area contributed by atoms with E-state index in [1.54, 1.807) is 43.5 Å². The number of rotatable bonds is 7. The molecule has 0 aliphatic carbocycles. The Morgan fingerprint density at radius 1 is 1.03 bits per heavy atom. The van der Waals surface area contributed by atoms with Crippen molar-refractivity contribution in [3.63, 3.8) is 0 Å². The van der Waals surface area contributed by atoms with Crippen molar-refractivity contribution < 1.29 is 24.2 Å². The van der Waals surface area contributed by atoms with Crippen LogP contribution in [-0.2, 0) is 9.59 Å². The Bertz CT molecular complexity index is 1320. The molecule has 1 N–H and O–H groups in total. The van der Waals surface area contributed by atoms with Crippen LogP contribution in [0.25, 0.3) is 5.76 Å². The molecule has 0 spiro atoms. The van der Waals surface area contributed by atoms with Crippen LogP contribution >= 0.6 is 0 Å². The molecule has 36 heavy (non-hydrogen) atoms. The smallest absolute Gasteiger partial charge is 0.300 e. The molecule has 6 nitrogen and oxygen atoms in total. The first-order valence-electron chi connectivity index (χ1n) is 12.1. The summed E-state index contributed by atoms with van der Waals surface area (Å²) in [5.41, 5.74) is 3.70. The average molecular weight is 486 g/mol. The zero-order valence-corrected chi connectivity index (χ0v) is 21.2. The first kappa shape index (κ1) is 25.0. The van der Waals surface area contributed by atoms with E-state index in [9.17, 15) is 14.7 Å². The molecule has 1 fully saturated rings. The van der Waals surface area contributed by atoms with E-state index >= 15 is 0 Å². The van der Waals surface area contributed by atoms with Crippen LogP contribution in [0.2, 0.25) is 0 Å². The van der Waals surface area contributed by atoms with Gasteiger partial charge in [-0.15, -0.1) is 0 Å². The molecular formula is C30H31NO5. The summed E-state index contributed by atoms with van der Waals surface area (Å²) in [7, 11) is 1.57. The van der Waals surface area contributed by atoms with Crippen molar-refractivity contribution in [3.8, 4) is 11.5 Å². The number of amides is 1. The maximum Gasteiger partial charge on any atom is 0.300 e. The summed E-state index contributed by atoms with van der Waals surface area (Å²) in [5.74, 6) is -0.122. The highest BCUT2D eigenvalue weighted by Gasteiger charge is 2.47. The van der Waals surface area contributed by atoms with Crippen molar-refractivity contribution in [1.29, 1.82) is 0 Å². The fourth-order valence-electron chi connectivity index (χ4n) is 4.59. The van der Waals surface area contributed by atoms with Gasteiger partial charge in [0.15, 0.2) is 0 Å². The summed E-state index contributed by atoms with van der Waals surface area (Å²) < 4.78 is 11.0. The number of hydrogen-bond donors (Lipinski definition) is 1. The predicted molar refractivity (Wildman–Crippen MR) is 141 cm³/mol. The molecule has 1 aliphatic rings. The minimum absolute atomic E-state index is 0.0558. The maximum absolute atomic E-state index is 13.4. The number of nitrogens with zero attached hydrogens (tertiary/aromatic N) is 1. The first-order chi connectivity index (χ1) is 17.3. The van der Waals surface area contributed by atoms with Crippen LogP contribution in [0.3, 0.4) is 0 Å². The third-order valence-electron chi connectivity index (χ3n) is 6.36. The Morgan fingerprint density at radius 2 is 1.75 bits per heavy atom. The lowest BCUT2D eigenvalue weighted by molar-refractivity contribution is -0.132. The molecule has 4 rings (SSSR count). The summed E-state index contributed by atoms with van der Waals surface area (Å²) in [4.78, 5) is 28.2. The molecule has 0 aromatic heterocycles. The number of anilines is 1. The molecule has 0 radical (unpaired) electrons. The summed E-state index contributed by atoms with van der Waals surface area (Å²) >= 11 is 0. The van der Waals surface area contributed by atoms with E-state index in [2.05, 4.69) is 0 Å². The zero-order chi connectivity index (χ0) is 26.0. The first-order valence-corrected chi connectivity index (χ1v) is 12.1. The van der Waals surface area contributed by atoms with E-state index in [4.69, 9.17) is 9.47 Å². The molecule has 1 saturated heterocycles. The molecule has 1 aliphatic heterocycles. The van der Waals surface area contributed by atoms with Gasteiger partial charge in [-0.25, -0.2) is 0 Å². The van der Waals surface area contributed by atoms with Crippen molar-refractivity contribution in [2.24, 2.45) is 0 Å². The molecule has 186 valence electrons. The summed E-state index contributed by atoms with van der Waals surface area (Å²) in [6.45, 7) is 8.46. The zero-order valence-electron chi connectivity index (χ0n) is 21.2. The molecule has 3 aromatic rings. The highest BCUT2D eigenvalue weighted by molar-refractivity contribution is 6.51. The van der Waals surface area contributed by atoms with Crippen LogP contribution in [0.4, 0.5) is 5.69 Å². The van der Waals surface area contributed by atoms with Crippen molar-refractivity contribution in [2.75, 3.05) is 18.6 Å². The standard InChI is InChI=1S/C30H31NO5/c1-6-36-25-15-10-21(17-24(25)18(2)3)28(32)26-27(20-9-7-8-19(4)16-20)31(30(34)29(26)33)22-11-13-23(35-5)14-12-22/h7-18,27,32H,6H2,1-5H3/b28-26-. The van der Waals surface area contributed by atoms with Gasteiger partial charge in [0.2, 0.25) is 0 Å². The fourth-order valence-corrected chi connectivity index (χ4v) is 4.59. The van der Waals surface area contributed by atoms with Gasteiger partial charge in [0.25, 0.3) is 11.7 Å². The Morgan fingerprint density at radius 3 is 2.36 bits per heavy atom. The van der Waals surface area contributed by atoms with Gasteiger partial charge in [-0.2, -0.15) is 0 Å². The highest BCUT2D eigenvalue weighted by atomic mass is 16.5. The number of hydrogen-bond acceptors (Lipinski definition) is 5. The van der Waals surface area contributed by atoms with Gasteiger partial charge < -0.3 is 14.6 Å². The van der Waals surface area contributed by atoms with Gasteiger partial charge in [-0.3, -0.25) is 14.5 Å². The van der Waals surface area contributed by atoms with Crippen molar-refractivity contribution >= 4 is 23.1 Å². The minimum atomic E-state index is -0.785. The van der Waals surface area contributed by atoms with Gasteiger partial charge >= 0.3 is 0 Å². The van der Waals surface area contributed by atoms with Crippen LogP contribution in [0.15, 0.2) is 72.3 Å². The topological polar surface area (TPSA) is 76.1 Å².